The molecule has 1 aliphatic heterocycles. The Labute approximate surface area is 123 Å². The second kappa shape index (κ2) is 5.11. The van der Waals surface area contributed by atoms with Gasteiger partial charge < -0.3 is 15.2 Å². The van der Waals surface area contributed by atoms with Crippen LogP contribution < -0.4 is 15.2 Å². The molecule has 0 spiro atoms. The van der Waals surface area contributed by atoms with Crippen molar-refractivity contribution in [1.82, 2.24) is 0 Å². The maximum atomic E-state index is 6.00. The molecule has 1 aliphatic rings. The topological polar surface area (TPSA) is 44.5 Å². The van der Waals surface area contributed by atoms with Crippen molar-refractivity contribution in [3.8, 4) is 11.5 Å². The molecule has 1 aromatic heterocycles. The summed E-state index contributed by atoms with van der Waals surface area (Å²) in [5, 5.41) is 0. The summed E-state index contributed by atoms with van der Waals surface area (Å²) in [4.78, 5) is 2.36. The van der Waals surface area contributed by atoms with Gasteiger partial charge in [-0.1, -0.05) is 12.1 Å². The molecule has 1 aromatic carbocycles. The van der Waals surface area contributed by atoms with Crippen molar-refractivity contribution in [3.05, 3.63) is 45.6 Å². The van der Waals surface area contributed by atoms with Crippen LogP contribution in [0, 0.1) is 0 Å². The Hall–Kier alpha value is -1.52. The molecule has 0 radical (unpaired) electrons. The molecule has 0 atom stereocenters. The van der Waals surface area contributed by atoms with E-state index in [9.17, 15) is 0 Å². The highest BCUT2D eigenvalue weighted by Gasteiger charge is 2.32. The van der Waals surface area contributed by atoms with Gasteiger partial charge in [-0.15, -0.1) is 11.3 Å². The molecule has 2 heterocycles. The minimum Gasteiger partial charge on any atom is -0.484 e. The zero-order valence-corrected chi connectivity index (χ0v) is 12.6. The van der Waals surface area contributed by atoms with Crippen molar-refractivity contribution in [2.24, 2.45) is 5.73 Å². The molecule has 20 heavy (non-hydrogen) atoms. The molecular formula is C16H19NO2S. The number of hydrogen-bond acceptors (Lipinski definition) is 4. The van der Waals surface area contributed by atoms with Crippen molar-refractivity contribution in [1.29, 1.82) is 0 Å². The van der Waals surface area contributed by atoms with Crippen molar-refractivity contribution in [2.45, 2.75) is 39.0 Å². The molecule has 0 amide bonds. The summed E-state index contributed by atoms with van der Waals surface area (Å²) in [6.45, 7) is 5.35. The molecule has 0 saturated carbocycles. The third-order valence-electron chi connectivity index (χ3n) is 3.34. The number of nitrogens with two attached hydrogens (primary N) is 1. The molecule has 4 heteroatoms. The van der Waals surface area contributed by atoms with Crippen LogP contribution in [0.15, 0.2) is 30.3 Å². The average molecular weight is 289 g/mol. The van der Waals surface area contributed by atoms with E-state index in [-0.39, 0.29) is 5.60 Å². The lowest BCUT2D eigenvalue weighted by atomic mass is 10.0. The standard InChI is InChI=1S/C16H19NO2S/c1-16(2)8-11-4-3-5-14(15(11)19-16)18-10-13-7-6-12(9-17)20-13/h3-7H,8-10,17H2,1-2H3. The van der Waals surface area contributed by atoms with Crippen LogP contribution in [-0.2, 0) is 19.6 Å². The Morgan fingerprint density at radius 2 is 2.05 bits per heavy atom. The summed E-state index contributed by atoms with van der Waals surface area (Å²) in [5.74, 6) is 1.73. The molecule has 0 aliphatic carbocycles. The Morgan fingerprint density at radius 1 is 1.25 bits per heavy atom. The van der Waals surface area contributed by atoms with Crippen LogP contribution in [0.2, 0.25) is 0 Å². The van der Waals surface area contributed by atoms with Crippen LogP contribution in [0.3, 0.4) is 0 Å². The van der Waals surface area contributed by atoms with E-state index in [4.69, 9.17) is 15.2 Å². The lowest BCUT2D eigenvalue weighted by molar-refractivity contribution is 0.131. The van der Waals surface area contributed by atoms with Crippen LogP contribution in [-0.4, -0.2) is 5.60 Å². The normalized spacial score (nSPS) is 15.8. The molecule has 0 saturated heterocycles. The molecule has 0 bridgehead atoms. The first-order valence-electron chi connectivity index (χ1n) is 6.79. The van der Waals surface area contributed by atoms with Gasteiger partial charge in [0.25, 0.3) is 0 Å². The van der Waals surface area contributed by atoms with Gasteiger partial charge in [-0.05, 0) is 32.0 Å². The second-order valence-corrected chi connectivity index (χ2v) is 6.90. The van der Waals surface area contributed by atoms with Crippen molar-refractivity contribution >= 4 is 11.3 Å². The monoisotopic (exact) mass is 289 g/mol. The van der Waals surface area contributed by atoms with Gasteiger partial charge in [-0.3, -0.25) is 0 Å². The van der Waals surface area contributed by atoms with Crippen molar-refractivity contribution in [2.75, 3.05) is 0 Å². The lowest BCUT2D eigenvalue weighted by Gasteiger charge is -2.18. The fraction of sp³-hybridized carbons (Fsp3) is 0.375. The highest BCUT2D eigenvalue weighted by atomic mass is 32.1. The molecule has 3 rings (SSSR count). The fourth-order valence-corrected chi connectivity index (χ4v) is 3.27. The summed E-state index contributed by atoms with van der Waals surface area (Å²) in [7, 11) is 0. The number of ether oxygens (including phenoxy) is 2. The van der Waals surface area contributed by atoms with E-state index in [1.807, 2.05) is 12.1 Å². The summed E-state index contributed by atoms with van der Waals surface area (Å²) < 4.78 is 11.9. The van der Waals surface area contributed by atoms with E-state index in [0.29, 0.717) is 13.2 Å². The maximum absolute atomic E-state index is 6.00. The number of hydrogen-bond donors (Lipinski definition) is 1. The predicted octanol–water partition coefficient (Wildman–Crippen LogP) is 3.50. The Bertz CT molecular complexity index is 619. The Kier molecular flexibility index (Phi) is 3.44. The van der Waals surface area contributed by atoms with Gasteiger partial charge in [0, 0.05) is 28.3 Å². The molecule has 0 fully saturated rings. The van der Waals surface area contributed by atoms with Crippen LogP contribution in [0.5, 0.6) is 11.5 Å². The van der Waals surface area contributed by atoms with E-state index >= 15 is 0 Å². The van der Waals surface area contributed by atoms with Crippen LogP contribution in [0.4, 0.5) is 0 Å². The van der Waals surface area contributed by atoms with E-state index in [2.05, 4.69) is 32.0 Å². The predicted molar refractivity (Wildman–Crippen MR) is 81.4 cm³/mol. The number of benzene rings is 1. The summed E-state index contributed by atoms with van der Waals surface area (Å²) in [6, 6.07) is 10.2. The molecule has 106 valence electrons. The first-order valence-corrected chi connectivity index (χ1v) is 7.60. The van der Waals surface area contributed by atoms with Gasteiger partial charge in [0.1, 0.15) is 12.2 Å². The third-order valence-corrected chi connectivity index (χ3v) is 4.42. The van der Waals surface area contributed by atoms with Gasteiger partial charge in [0.2, 0.25) is 0 Å². The smallest absolute Gasteiger partial charge is 0.165 e. The SMILES string of the molecule is CC1(C)Cc2cccc(OCc3ccc(CN)s3)c2O1. The zero-order valence-electron chi connectivity index (χ0n) is 11.8. The summed E-state index contributed by atoms with van der Waals surface area (Å²) in [5.41, 5.74) is 6.71. The van der Waals surface area contributed by atoms with Crippen LogP contribution in [0.1, 0.15) is 29.2 Å². The largest absolute Gasteiger partial charge is 0.484 e. The van der Waals surface area contributed by atoms with Crippen molar-refractivity contribution in [3.63, 3.8) is 0 Å². The third kappa shape index (κ3) is 2.67. The van der Waals surface area contributed by atoms with Crippen LogP contribution >= 0.6 is 11.3 Å². The highest BCUT2D eigenvalue weighted by molar-refractivity contribution is 7.11. The first kappa shape index (κ1) is 13.5. The lowest BCUT2D eigenvalue weighted by Crippen LogP contribution is -2.24. The quantitative estimate of drug-likeness (QED) is 0.937. The number of fused-ring (bicyclic) bond motifs is 1. The summed E-state index contributed by atoms with van der Waals surface area (Å²) in [6.07, 6.45) is 0.926. The second-order valence-electron chi connectivity index (χ2n) is 5.64. The maximum Gasteiger partial charge on any atom is 0.165 e. The molecule has 0 unspecified atom stereocenters. The van der Waals surface area contributed by atoms with Gasteiger partial charge in [0.15, 0.2) is 11.5 Å². The minimum atomic E-state index is -0.141. The number of rotatable bonds is 4. The van der Waals surface area contributed by atoms with Crippen LogP contribution in [0.25, 0.3) is 0 Å². The van der Waals surface area contributed by atoms with Crippen molar-refractivity contribution < 1.29 is 9.47 Å². The molecule has 3 nitrogen and oxygen atoms in total. The van der Waals surface area contributed by atoms with Gasteiger partial charge in [-0.25, -0.2) is 0 Å². The molecule has 2 aromatic rings. The Balaban J connectivity index is 1.75. The first-order chi connectivity index (χ1) is 9.57. The van der Waals surface area contributed by atoms with Gasteiger partial charge in [-0.2, -0.15) is 0 Å². The van der Waals surface area contributed by atoms with E-state index < -0.39 is 0 Å². The number of para-hydroxylation sites is 1. The fourth-order valence-electron chi connectivity index (χ4n) is 2.46. The Morgan fingerprint density at radius 3 is 2.80 bits per heavy atom. The highest BCUT2D eigenvalue weighted by Crippen LogP contribution is 2.42. The van der Waals surface area contributed by atoms with E-state index in [1.54, 1.807) is 11.3 Å². The molecular weight excluding hydrogens is 270 g/mol. The average Bonchev–Trinajstić information content (AvgIpc) is 2.98. The zero-order chi connectivity index (χ0) is 14.2. The van der Waals surface area contributed by atoms with Gasteiger partial charge in [0.05, 0.1) is 0 Å². The van der Waals surface area contributed by atoms with E-state index in [1.165, 1.54) is 15.3 Å². The summed E-state index contributed by atoms with van der Waals surface area (Å²) >= 11 is 1.69. The minimum absolute atomic E-state index is 0.141. The number of thiophene rings is 1. The molecule has 2 N–H and O–H groups in total. The van der Waals surface area contributed by atoms with Gasteiger partial charge >= 0.3 is 0 Å². The van der Waals surface area contributed by atoms with E-state index in [0.717, 1.165) is 17.9 Å².